The third-order valence-electron chi connectivity index (χ3n) is 7.19. The number of pyridine rings is 1. The number of anilines is 1. The van der Waals surface area contributed by atoms with Crippen molar-refractivity contribution in [3.8, 4) is 6.19 Å². The molecule has 2 fully saturated rings. The number of halogens is 5. The lowest BCUT2D eigenvalue weighted by Gasteiger charge is -2.41. The Labute approximate surface area is 240 Å². The molecule has 0 bridgehead atoms. The topological polar surface area (TPSA) is 111 Å². The van der Waals surface area contributed by atoms with Gasteiger partial charge in [0.1, 0.15) is 17.0 Å². The highest BCUT2D eigenvalue weighted by Gasteiger charge is 2.65. The second-order valence-electron chi connectivity index (χ2n) is 11.2. The average Bonchev–Trinajstić information content (AvgIpc) is 3.65. The Morgan fingerprint density at radius 1 is 1.19 bits per heavy atom. The molecule has 1 saturated heterocycles. The predicted octanol–water partition coefficient (Wildman–Crippen LogP) is 5.03. The molecule has 230 valence electrons. The van der Waals surface area contributed by atoms with Gasteiger partial charge in [0.25, 0.3) is 5.91 Å². The number of nitrogens with one attached hydrogen (secondary N) is 2. The molecule has 2 heterocycles. The zero-order valence-corrected chi connectivity index (χ0v) is 24.1. The van der Waals surface area contributed by atoms with Gasteiger partial charge in [-0.25, -0.2) is 0 Å². The van der Waals surface area contributed by atoms with E-state index >= 15 is 0 Å². The quantitative estimate of drug-likeness (QED) is 0.269. The van der Waals surface area contributed by atoms with Gasteiger partial charge in [0.15, 0.2) is 6.19 Å². The number of carbonyl (C=O) groups excluding carboxylic acids is 2. The van der Waals surface area contributed by atoms with Crippen LogP contribution in [0.4, 0.5) is 25.1 Å². The smallest absolute Gasteiger partial charge is 0.310 e. The molecule has 9 nitrogen and oxygen atoms in total. The minimum Gasteiger partial charge on any atom is -0.379 e. The number of methoxy groups -OCH3 is 1. The number of hydrogen-bond acceptors (Lipinski definition) is 7. The molecule has 3 atom stereocenters. The molecule has 1 aliphatic carbocycles. The maximum absolute atomic E-state index is 14.2. The van der Waals surface area contributed by atoms with Crippen molar-refractivity contribution in [1.82, 2.24) is 20.5 Å². The molecule has 15 heteroatoms. The van der Waals surface area contributed by atoms with E-state index in [0.717, 1.165) is 34.8 Å². The van der Waals surface area contributed by atoms with Crippen LogP contribution in [0.15, 0.2) is 53.7 Å². The molecule has 0 spiro atoms. The fraction of sp³-hybridized carbons (Fsp3) is 0.481. The predicted molar refractivity (Wildman–Crippen MR) is 147 cm³/mol. The molecule has 42 heavy (non-hydrogen) atoms. The van der Waals surface area contributed by atoms with Crippen molar-refractivity contribution in [2.45, 2.75) is 67.8 Å². The summed E-state index contributed by atoms with van der Waals surface area (Å²) in [7, 11) is -8.61. The first kappa shape index (κ1) is 31.5. The van der Waals surface area contributed by atoms with Crippen molar-refractivity contribution < 1.29 is 33.8 Å². The Balaban J connectivity index is 1.80. The molecule has 1 unspecified atom stereocenters. The van der Waals surface area contributed by atoms with E-state index in [1.165, 1.54) is 31.6 Å². The van der Waals surface area contributed by atoms with Crippen molar-refractivity contribution in [2.24, 2.45) is 0 Å². The number of rotatable bonds is 11. The first-order valence-electron chi connectivity index (χ1n) is 13.2. The monoisotopic (exact) mass is 616 g/mol. The molecular weight excluding hydrogens is 583 g/mol. The summed E-state index contributed by atoms with van der Waals surface area (Å²) in [6, 6.07) is 2.60. The van der Waals surface area contributed by atoms with Crippen molar-refractivity contribution in [2.75, 3.05) is 25.1 Å². The molecule has 4 rings (SSSR count). The van der Waals surface area contributed by atoms with Gasteiger partial charge in [-0.3, -0.25) is 24.4 Å². The lowest BCUT2D eigenvalue weighted by Crippen LogP contribution is -2.56. The second kappa shape index (κ2) is 10.7. The summed E-state index contributed by atoms with van der Waals surface area (Å²) in [5, 5.41) is 15.9. The number of amides is 2. The van der Waals surface area contributed by atoms with Crippen LogP contribution in [0, 0.1) is 11.5 Å². The van der Waals surface area contributed by atoms with Crippen molar-refractivity contribution in [1.29, 1.82) is 5.26 Å². The van der Waals surface area contributed by atoms with Crippen LogP contribution in [0.3, 0.4) is 0 Å². The van der Waals surface area contributed by atoms with Crippen LogP contribution < -0.4 is 15.5 Å². The van der Waals surface area contributed by atoms with E-state index in [2.05, 4.69) is 15.6 Å². The van der Waals surface area contributed by atoms with Gasteiger partial charge in [-0.05, 0) is 57.0 Å². The van der Waals surface area contributed by atoms with E-state index in [-0.39, 0.29) is 36.3 Å². The highest BCUT2D eigenvalue weighted by Crippen LogP contribution is 3.02. The third kappa shape index (κ3) is 7.47. The van der Waals surface area contributed by atoms with Gasteiger partial charge in [0.2, 0.25) is 5.91 Å². The normalized spacial score (nSPS) is 21.5. The first-order valence-corrected chi connectivity index (χ1v) is 15.2. The van der Waals surface area contributed by atoms with Crippen molar-refractivity contribution in [3.05, 3.63) is 54.4 Å². The second-order valence-corrected chi connectivity index (χ2v) is 13.7. The van der Waals surface area contributed by atoms with E-state index < -0.39 is 50.7 Å². The molecule has 1 saturated carbocycles. The number of benzene rings is 1. The molecule has 2 amide bonds. The summed E-state index contributed by atoms with van der Waals surface area (Å²) in [5.41, 5.74) is -0.841. The third-order valence-corrected chi connectivity index (χ3v) is 8.35. The SMILES string of the molecule is CO[C@@H]1C[C@H](C(=O)N(c2ccc(S(F)(F)(F)(F)F)cc2)C(C(=O)NC(C)(C)CNC2CC2)c2cccnc2)N(C#N)C1. The maximum Gasteiger partial charge on any atom is 0.310 e. The number of likely N-dealkylation sites (tertiary alicyclic amines) is 1. The minimum atomic E-state index is -10.0. The molecule has 1 aromatic heterocycles. The molecule has 0 radical (unpaired) electrons. The standard InChI is InChI=1S/C27H33F5N6O3S/c1-27(2,16-35-19-6-7-19)36-25(39)24(18-5-4-12-34-14-18)38(26(40)23-13-21(41-3)15-37(23)17-33)20-8-10-22(11-9-20)42(28,29,30,31)32/h4-5,8-12,14,19,21,23-24,35H,6-7,13,15-16H2,1-3H3,(H,36,39)/t21-,23-,24?/m1/s1. The zero-order valence-electron chi connectivity index (χ0n) is 23.3. The van der Waals surface area contributed by atoms with Crippen molar-refractivity contribution >= 4 is 27.7 Å². The fourth-order valence-electron chi connectivity index (χ4n) is 4.83. The van der Waals surface area contributed by atoms with E-state index in [4.69, 9.17) is 4.74 Å². The maximum atomic E-state index is 14.2. The molecule has 1 aliphatic heterocycles. The van der Waals surface area contributed by atoms with E-state index in [0.29, 0.717) is 12.6 Å². The van der Waals surface area contributed by atoms with Gasteiger partial charge in [-0.1, -0.05) is 25.5 Å². The van der Waals surface area contributed by atoms with Crippen LogP contribution in [0.1, 0.15) is 44.7 Å². The number of nitriles is 1. The van der Waals surface area contributed by atoms with E-state index in [1.54, 1.807) is 13.8 Å². The molecular formula is C27H33F5N6O3S. The summed E-state index contributed by atoms with van der Waals surface area (Å²) in [6.45, 7) is 4.02. The van der Waals surface area contributed by atoms with E-state index in [9.17, 15) is 34.3 Å². The number of nitrogens with zero attached hydrogens (tertiary/aromatic N) is 4. The largest absolute Gasteiger partial charge is 0.379 e. The zero-order chi connectivity index (χ0) is 31.0. The summed E-state index contributed by atoms with van der Waals surface area (Å²) >= 11 is 0. The van der Waals surface area contributed by atoms with Crippen LogP contribution in [0.25, 0.3) is 0 Å². The first-order chi connectivity index (χ1) is 19.4. The van der Waals surface area contributed by atoms with Crippen LogP contribution in [0.2, 0.25) is 0 Å². The fourth-order valence-corrected chi connectivity index (χ4v) is 5.48. The highest BCUT2D eigenvalue weighted by molar-refractivity contribution is 8.45. The lowest BCUT2D eigenvalue weighted by molar-refractivity contribution is -0.129. The summed E-state index contributed by atoms with van der Waals surface area (Å²) in [5.74, 6) is -1.48. The van der Waals surface area contributed by atoms with Gasteiger partial charge in [-0.15, -0.1) is 0 Å². The Kier molecular flexibility index (Phi) is 7.98. The highest BCUT2D eigenvalue weighted by atomic mass is 32.5. The average molecular weight is 617 g/mol. The summed E-state index contributed by atoms with van der Waals surface area (Å²) < 4.78 is 72.9. The Hall–Kier alpha value is -3.48. The van der Waals surface area contributed by atoms with Gasteiger partial charge in [0.05, 0.1) is 12.6 Å². The Bertz CT molecular complexity index is 1350. The summed E-state index contributed by atoms with van der Waals surface area (Å²) in [4.78, 5) is 32.2. The van der Waals surface area contributed by atoms with Gasteiger partial charge >= 0.3 is 10.2 Å². The molecule has 1 aromatic carbocycles. The number of hydrogen-bond donors (Lipinski definition) is 2. The summed E-state index contributed by atoms with van der Waals surface area (Å²) in [6.07, 6.45) is 6.27. The van der Waals surface area contributed by atoms with Gasteiger partial charge in [0, 0.05) is 55.3 Å². The number of ether oxygens (including phenoxy) is 1. The van der Waals surface area contributed by atoms with Crippen LogP contribution >= 0.6 is 10.2 Å². The van der Waals surface area contributed by atoms with Gasteiger partial charge < -0.3 is 15.4 Å². The molecule has 2 aliphatic rings. The van der Waals surface area contributed by atoms with Crippen LogP contribution in [0.5, 0.6) is 0 Å². The number of carbonyl (C=O) groups is 2. The Morgan fingerprint density at radius 2 is 1.86 bits per heavy atom. The Morgan fingerprint density at radius 3 is 2.38 bits per heavy atom. The van der Waals surface area contributed by atoms with Crippen LogP contribution in [-0.2, 0) is 14.3 Å². The van der Waals surface area contributed by atoms with Crippen molar-refractivity contribution in [3.63, 3.8) is 0 Å². The minimum absolute atomic E-state index is 0.0567. The number of aromatic nitrogens is 1. The lowest BCUT2D eigenvalue weighted by atomic mass is 9.99. The van der Waals surface area contributed by atoms with Crippen LogP contribution in [-0.4, -0.2) is 65.6 Å². The van der Waals surface area contributed by atoms with E-state index in [1.807, 2.05) is 6.19 Å². The van der Waals surface area contributed by atoms with Gasteiger partial charge in [-0.2, -0.15) is 5.26 Å². The molecule has 2 N–H and O–H groups in total. The molecule has 2 aromatic rings.